The number of morpholine rings is 1. The fourth-order valence-corrected chi connectivity index (χ4v) is 3.39. The zero-order valence-electron chi connectivity index (χ0n) is 15.4. The largest absolute Gasteiger partial charge is 0.480 e. The molecule has 1 aromatic heterocycles. The van der Waals surface area contributed by atoms with Gasteiger partial charge in [-0.2, -0.15) is 0 Å². The summed E-state index contributed by atoms with van der Waals surface area (Å²) < 4.78 is 11.1. The van der Waals surface area contributed by atoms with Crippen molar-refractivity contribution in [3.63, 3.8) is 0 Å². The van der Waals surface area contributed by atoms with Crippen molar-refractivity contribution in [1.29, 1.82) is 0 Å². The molecule has 138 valence electrons. The standard InChI is InChI=1S/C22H23N3O2/c1-26-22-11-10-20(23-24-22)19-9-5-6-17(14-19)15-25-12-13-27-21(16-25)18-7-3-2-4-8-18/h2-11,14,21H,12-13,15-16H2,1H3. The highest BCUT2D eigenvalue weighted by Crippen LogP contribution is 2.24. The Morgan fingerprint density at radius 3 is 2.70 bits per heavy atom. The molecule has 27 heavy (non-hydrogen) atoms. The lowest BCUT2D eigenvalue weighted by molar-refractivity contribution is -0.0329. The van der Waals surface area contributed by atoms with E-state index in [1.54, 1.807) is 7.11 Å². The second kappa shape index (κ2) is 8.29. The third kappa shape index (κ3) is 4.32. The smallest absolute Gasteiger partial charge is 0.233 e. The Morgan fingerprint density at radius 1 is 1.04 bits per heavy atom. The molecule has 1 unspecified atom stereocenters. The summed E-state index contributed by atoms with van der Waals surface area (Å²) in [5, 5.41) is 8.31. The zero-order valence-corrected chi connectivity index (χ0v) is 15.4. The van der Waals surface area contributed by atoms with E-state index in [2.05, 4.69) is 63.6 Å². The quantitative estimate of drug-likeness (QED) is 0.693. The summed E-state index contributed by atoms with van der Waals surface area (Å²) in [6, 6.07) is 22.7. The van der Waals surface area contributed by atoms with E-state index < -0.39 is 0 Å². The lowest BCUT2D eigenvalue weighted by Crippen LogP contribution is -2.37. The average Bonchev–Trinajstić information content (AvgIpc) is 2.75. The number of benzene rings is 2. The van der Waals surface area contributed by atoms with Crippen LogP contribution in [0.3, 0.4) is 0 Å². The Labute approximate surface area is 159 Å². The van der Waals surface area contributed by atoms with E-state index in [-0.39, 0.29) is 6.10 Å². The molecule has 0 bridgehead atoms. The van der Waals surface area contributed by atoms with Crippen molar-refractivity contribution in [1.82, 2.24) is 15.1 Å². The molecule has 0 radical (unpaired) electrons. The predicted molar refractivity (Wildman–Crippen MR) is 104 cm³/mol. The maximum Gasteiger partial charge on any atom is 0.233 e. The monoisotopic (exact) mass is 361 g/mol. The summed E-state index contributed by atoms with van der Waals surface area (Å²) >= 11 is 0. The second-order valence-electron chi connectivity index (χ2n) is 6.67. The third-order valence-corrected chi connectivity index (χ3v) is 4.80. The van der Waals surface area contributed by atoms with Gasteiger partial charge in [-0.1, -0.05) is 48.5 Å². The number of aromatic nitrogens is 2. The molecular weight excluding hydrogens is 338 g/mol. The van der Waals surface area contributed by atoms with Crippen LogP contribution in [0.15, 0.2) is 66.7 Å². The van der Waals surface area contributed by atoms with Gasteiger partial charge in [0.05, 0.1) is 25.5 Å². The van der Waals surface area contributed by atoms with Gasteiger partial charge in [0.1, 0.15) is 0 Å². The van der Waals surface area contributed by atoms with Crippen molar-refractivity contribution in [2.75, 3.05) is 26.8 Å². The molecule has 2 aromatic carbocycles. The molecule has 1 saturated heterocycles. The van der Waals surface area contributed by atoms with E-state index in [1.807, 2.05) is 18.2 Å². The third-order valence-electron chi connectivity index (χ3n) is 4.80. The minimum absolute atomic E-state index is 0.135. The Balaban J connectivity index is 1.46. The van der Waals surface area contributed by atoms with Crippen LogP contribution < -0.4 is 4.74 Å². The Bertz CT molecular complexity index is 868. The van der Waals surface area contributed by atoms with Crippen LogP contribution in [0, 0.1) is 0 Å². The van der Waals surface area contributed by atoms with Gasteiger partial charge < -0.3 is 9.47 Å². The van der Waals surface area contributed by atoms with E-state index >= 15 is 0 Å². The van der Waals surface area contributed by atoms with Crippen LogP contribution in [0.25, 0.3) is 11.3 Å². The maximum atomic E-state index is 5.98. The highest BCUT2D eigenvalue weighted by atomic mass is 16.5. The van der Waals surface area contributed by atoms with Crippen LogP contribution in [0.2, 0.25) is 0 Å². The molecule has 1 atom stereocenters. The molecule has 0 saturated carbocycles. The van der Waals surface area contributed by atoms with E-state index in [9.17, 15) is 0 Å². The number of methoxy groups -OCH3 is 1. The first-order valence-corrected chi connectivity index (χ1v) is 9.18. The minimum atomic E-state index is 0.135. The number of nitrogens with zero attached hydrogens (tertiary/aromatic N) is 3. The van der Waals surface area contributed by atoms with Gasteiger partial charge in [-0.05, 0) is 23.3 Å². The molecule has 4 rings (SSSR count). The van der Waals surface area contributed by atoms with Gasteiger partial charge in [0.2, 0.25) is 5.88 Å². The zero-order chi connectivity index (χ0) is 18.5. The van der Waals surface area contributed by atoms with Crippen molar-refractivity contribution < 1.29 is 9.47 Å². The van der Waals surface area contributed by atoms with Crippen LogP contribution in [-0.2, 0) is 11.3 Å². The Morgan fingerprint density at radius 2 is 1.93 bits per heavy atom. The topological polar surface area (TPSA) is 47.5 Å². The van der Waals surface area contributed by atoms with Crippen molar-refractivity contribution in [3.8, 4) is 17.1 Å². The van der Waals surface area contributed by atoms with Gasteiger partial charge in [-0.3, -0.25) is 4.90 Å². The number of ether oxygens (including phenoxy) is 2. The molecule has 0 spiro atoms. The summed E-state index contributed by atoms with van der Waals surface area (Å²) in [5.74, 6) is 0.523. The summed E-state index contributed by atoms with van der Waals surface area (Å²) in [7, 11) is 1.59. The van der Waals surface area contributed by atoms with Gasteiger partial charge in [0.15, 0.2) is 0 Å². The molecule has 1 aliphatic heterocycles. The molecule has 0 aliphatic carbocycles. The van der Waals surface area contributed by atoms with Crippen molar-refractivity contribution in [2.24, 2.45) is 0 Å². The van der Waals surface area contributed by atoms with Gasteiger partial charge >= 0.3 is 0 Å². The highest BCUT2D eigenvalue weighted by Gasteiger charge is 2.21. The second-order valence-corrected chi connectivity index (χ2v) is 6.67. The fraction of sp³-hybridized carbons (Fsp3) is 0.273. The maximum absolute atomic E-state index is 5.98. The number of hydrogen-bond donors (Lipinski definition) is 0. The van der Waals surface area contributed by atoms with E-state index in [0.717, 1.165) is 37.5 Å². The summed E-state index contributed by atoms with van der Waals surface area (Å²) in [4.78, 5) is 2.44. The van der Waals surface area contributed by atoms with E-state index in [1.165, 1.54) is 11.1 Å². The SMILES string of the molecule is COc1ccc(-c2cccc(CN3CCOC(c4ccccc4)C3)c2)nn1. The Kier molecular flexibility index (Phi) is 5.42. The first-order chi connectivity index (χ1) is 13.3. The lowest BCUT2D eigenvalue weighted by Gasteiger charge is -2.33. The summed E-state index contributed by atoms with van der Waals surface area (Å²) in [6.45, 7) is 3.49. The highest BCUT2D eigenvalue weighted by molar-refractivity contribution is 5.59. The van der Waals surface area contributed by atoms with Crippen molar-refractivity contribution in [2.45, 2.75) is 12.6 Å². The Hall–Kier alpha value is -2.76. The summed E-state index contributed by atoms with van der Waals surface area (Å²) in [5.41, 5.74) is 4.42. The van der Waals surface area contributed by atoms with Gasteiger partial charge in [-0.15, -0.1) is 10.2 Å². The van der Waals surface area contributed by atoms with Gasteiger partial charge in [0.25, 0.3) is 0 Å². The number of hydrogen-bond acceptors (Lipinski definition) is 5. The van der Waals surface area contributed by atoms with Crippen molar-refractivity contribution >= 4 is 0 Å². The van der Waals surface area contributed by atoms with Crippen LogP contribution in [0.1, 0.15) is 17.2 Å². The summed E-state index contributed by atoms with van der Waals surface area (Å²) in [6.07, 6.45) is 0.135. The van der Waals surface area contributed by atoms with Crippen LogP contribution in [-0.4, -0.2) is 41.9 Å². The molecule has 5 heteroatoms. The molecular formula is C22H23N3O2. The number of rotatable bonds is 5. The first kappa shape index (κ1) is 17.6. The molecule has 0 amide bonds. The lowest BCUT2D eigenvalue weighted by atomic mass is 10.1. The molecule has 1 aliphatic rings. The fourth-order valence-electron chi connectivity index (χ4n) is 3.39. The first-order valence-electron chi connectivity index (χ1n) is 9.18. The van der Waals surface area contributed by atoms with E-state index in [0.29, 0.717) is 5.88 Å². The average molecular weight is 361 g/mol. The predicted octanol–water partition coefficient (Wildman–Crippen LogP) is 3.73. The molecule has 3 aromatic rings. The normalized spacial score (nSPS) is 17.6. The van der Waals surface area contributed by atoms with Crippen LogP contribution >= 0.6 is 0 Å². The van der Waals surface area contributed by atoms with Gasteiger partial charge in [-0.25, -0.2) is 0 Å². The van der Waals surface area contributed by atoms with Crippen LogP contribution in [0.5, 0.6) is 5.88 Å². The van der Waals surface area contributed by atoms with Gasteiger partial charge in [0, 0.05) is 31.3 Å². The van der Waals surface area contributed by atoms with Crippen LogP contribution in [0.4, 0.5) is 0 Å². The molecule has 2 heterocycles. The minimum Gasteiger partial charge on any atom is -0.480 e. The van der Waals surface area contributed by atoms with Crippen molar-refractivity contribution in [3.05, 3.63) is 77.9 Å². The molecule has 5 nitrogen and oxygen atoms in total. The molecule has 1 fully saturated rings. The van der Waals surface area contributed by atoms with E-state index in [4.69, 9.17) is 9.47 Å². The molecule has 0 N–H and O–H groups in total.